The predicted molar refractivity (Wildman–Crippen MR) is 135 cm³/mol. The Balaban J connectivity index is 1.52. The van der Waals surface area contributed by atoms with Crippen LogP contribution >= 0.6 is 0 Å². The minimum Gasteiger partial charge on any atom is -0.495 e. The number of anilines is 2. The Morgan fingerprint density at radius 2 is 1.87 bits per heavy atom. The minimum absolute atomic E-state index is 0.0337. The first-order chi connectivity index (χ1) is 18.5. The van der Waals surface area contributed by atoms with Crippen molar-refractivity contribution in [2.75, 3.05) is 19.0 Å². The molecule has 0 aliphatic rings. The second kappa shape index (κ2) is 10.3. The molecule has 0 saturated carbocycles. The van der Waals surface area contributed by atoms with E-state index < -0.39 is 17.8 Å². The molecule has 0 radical (unpaired) electrons. The first-order valence-corrected chi connectivity index (χ1v) is 11.4. The SMILES string of the molecule is CCOC(=O)c1nc(Nc2ccc(OC(=O)n3ccnc3)cc2)nc2c1[nH]c(=O)n2-c1ccccc1OC. The molecular weight excluding hydrogens is 494 g/mol. The van der Waals surface area contributed by atoms with Crippen LogP contribution < -0.4 is 20.5 Å². The summed E-state index contributed by atoms with van der Waals surface area (Å²) in [6.07, 6.45) is 3.66. The van der Waals surface area contributed by atoms with Crippen LogP contribution in [0.2, 0.25) is 0 Å². The van der Waals surface area contributed by atoms with Crippen LogP contribution in [-0.4, -0.2) is 54.8 Å². The maximum atomic E-state index is 13.0. The fraction of sp³-hybridized carbons (Fsp3) is 0.120. The number of fused-ring (bicyclic) bond motifs is 1. The van der Waals surface area contributed by atoms with Gasteiger partial charge in [0.1, 0.15) is 23.3 Å². The molecule has 2 N–H and O–H groups in total. The summed E-state index contributed by atoms with van der Waals surface area (Å²) in [6.45, 7) is 1.78. The highest BCUT2D eigenvalue weighted by Crippen LogP contribution is 2.26. The number of para-hydroxylation sites is 2. The third-order valence-corrected chi connectivity index (χ3v) is 5.36. The Morgan fingerprint density at radius 3 is 2.58 bits per heavy atom. The summed E-state index contributed by atoms with van der Waals surface area (Å²) in [5.41, 5.74) is 0.567. The van der Waals surface area contributed by atoms with Gasteiger partial charge in [0, 0.05) is 18.1 Å². The molecule has 0 fully saturated rings. The van der Waals surface area contributed by atoms with E-state index in [-0.39, 0.29) is 29.4 Å². The number of methoxy groups -OCH3 is 1. The monoisotopic (exact) mass is 515 g/mol. The fourth-order valence-corrected chi connectivity index (χ4v) is 3.68. The van der Waals surface area contributed by atoms with Crippen LogP contribution in [0.25, 0.3) is 16.9 Å². The molecule has 0 aliphatic heterocycles. The second-order valence-electron chi connectivity index (χ2n) is 7.74. The molecule has 13 nitrogen and oxygen atoms in total. The van der Waals surface area contributed by atoms with Gasteiger partial charge in [-0.05, 0) is 43.3 Å². The molecule has 0 amide bonds. The van der Waals surface area contributed by atoms with Gasteiger partial charge in [-0.2, -0.15) is 4.98 Å². The quantitative estimate of drug-likeness (QED) is 0.308. The summed E-state index contributed by atoms with van der Waals surface area (Å²) in [5.74, 6) is 0.0418. The van der Waals surface area contributed by atoms with Crippen LogP contribution in [-0.2, 0) is 4.74 Å². The van der Waals surface area contributed by atoms with Gasteiger partial charge in [0.15, 0.2) is 11.3 Å². The van der Waals surface area contributed by atoms with E-state index in [0.717, 1.165) is 0 Å². The molecule has 38 heavy (non-hydrogen) atoms. The number of carbonyl (C=O) groups excluding carboxylic acids is 2. The summed E-state index contributed by atoms with van der Waals surface area (Å²) >= 11 is 0. The first kappa shape index (κ1) is 24.2. The summed E-state index contributed by atoms with van der Waals surface area (Å²) < 4.78 is 18.4. The van der Waals surface area contributed by atoms with Crippen molar-refractivity contribution < 1.29 is 23.8 Å². The van der Waals surface area contributed by atoms with Crippen LogP contribution in [0.15, 0.2) is 72.0 Å². The van der Waals surface area contributed by atoms with Crippen molar-refractivity contribution in [3.05, 3.63) is 83.4 Å². The summed E-state index contributed by atoms with van der Waals surface area (Å²) in [5, 5.41) is 3.01. The molecule has 0 unspecified atom stereocenters. The number of H-pyrrole nitrogens is 1. The number of aromatic amines is 1. The van der Waals surface area contributed by atoms with E-state index in [9.17, 15) is 14.4 Å². The number of carbonyl (C=O) groups is 2. The number of hydrogen-bond acceptors (Lipinski definition) is 10. The molecule has 2 aromatic carbocycles. The van der Waals surface area contributed by atoms with Crippen molar-refractivity contribution in [2.45, 2.75) is 6.92 Å². The Bertz CT molecular complexity index is 1670. The first-order valence-electron chi connectivity index (χ1n) is 11.4. The van der Waals surface area contributed by atoms with Crippen molar-refractivity contribution in [1.29, 1.82) is 0 Å². The number of nitrogens with one attached hydrogen (secondary N) is 2. The van der Waals surface area contributed by atoms with Crippen LogP contribution in [0.3, 0.4) is 0 Å². The summed E-state index contributed by atoms with van der Waals surface area (Å²) in [6, 6.07) is 13.3. The smallest absolute Gasteiger partial charge is 0.424 e. The third kappa shape index (κ3) is 4.67. The zero-order valence-electron chi connectivity index (χ0n) is 20.2. The van der Waals surface area contributed by atoms with Gasteiger partial charge in [0.05, 0.1) is 19.4 Å². The van der Waals surface area contributed by atoms with Crippen molar-refractivity contribution in [1.82, 2.24) is 29.1 Å². The molecule has 3 heterocycles. The van der Waals surface area contributed by atoms with Gasteiger partial charge in [-0.25, -0.2) is 33.5 Å². The van der Waals surface area contributed by atoms with Crippen LogP contribution in [0.4, 0.5) is 16.4 Å². The average Bonchev–Trinajstić information content (AvgIpc) is 3.57. The molecule has 5 aromatic rings. The number of imidazole rings is 2. The predicted octanol–water partition coefficient (Wildman–Crippen LogP) is 3.28. The maximum Gasteiger partial charge on any atom is 0.424 e. The lowest BCUT2D eigenvalue weighted by atomic mass is 10.3. The molecule has 0 spiro atoms. The number of nitrogens with zero attached hydrogens (tertiary/aromatic N) is 5. The van der Waals surface area contributed by atoms with Crippen molar-refractivity contribution >= 4 is 34.9 Å². The Kier molecular flexibility index (Phi) is 6.55. The Labute approximate surface area is 214 Å². The average molecular weight is 515 g/mol. The molecule has 13 heteroatoms. The maximum absolute atomic E-state index is 13.0. The highest BCUT2D eigenvalue weighted by atomic mass is 16.6. The fourth-order valence-electron chi connectivity index (χ4n) is 3.68. The number of benzene rings is 2. The second-order valence-corrected chi connectivity index (χ2v) is 7.74. The molecule has 192 valence electrons. The summed E-state index contributed by atoms with van der Waals surface area (Å²) in [7, 11) is 1.49. The molecule has 0 bridgehead atoms. The summed E-state index contributed by atoms with van der Waals surface area (Å²) in [4.78, 5) is 53.1. The lowest BCUT2D eigenvalue weighted by Crippen LogP contribution is -2.16. The van der Waals surface area contributed by atoms with Crippen molar-refractivity contribution in [3.63, 3.8) is 0 Å². The number of aromatic nitrogens is 6. The lowest BCUT2D eigenvalue weighted by Gasteiger charge is -2.11. The normalized spacial score (nSPS) is 10.8. The highest BCUT2D eigenvalue weighted by Gasteiger charge is 2.23. The molecule has 0 saturated heterocycles. The number of ether oxygens (including phenoxy) is 3. The Hall–Kier alpha value is -5.46. The van der Waals surface area contributed by atoms with Gasteiger partial charge in [0.25, 0.3) is 0 Å². The Morgan fingerprint density at radius 1 is 1.08 bits per heavy atom. The van der Waals surface area contributed by atoms with Crippen molar-refractivity contribution in [3.8, 4) is 17.2 Å². The zero-order chi connectivity index (χ0) is 26.6. The van der Waals surface area contributed by atoms with E-state index in [4.69, 9.17) is 14.2 Å². The highest BCUT2D eigenvalue weighted by molar-refractivity contribution is 6.00. The van der Waals surface area contributed by atoms with Crippen molar-refractivity contribution in [2.24, 2.45) is 0 Å². The van der Waals surface area contributed by atoms with E-state index in [1.807, 2.05) is 0 Å². The van der Waals surface area contributed by atoms with E-state index in [1.165, 1.54) is 35.0 Å². The molecule has 3 aromatic heterocycles. The molecule has 5 rings (SSSR count). The van der Waals surface area contributed by atoms with Crippen LogP contribution in [0.5, 0.6) is 11.5 Å². The largest absolute Gasteiger partial charge is 0.495 e. The standard InChI is InChI=1S/C25H21N7O6/c1-3-37-22(33)20-19-21(32(24(34)29-19)17-6-4-5-7-18(17)36-2)30-23(28-20)27-15-8-10-16(11-9-15)38-25(35)31-13-12-26-14-31/h4-14H,3H2,1-2H3,(H,29,34)(H,27,28,30). The van der Waals surface area contributed by atoms with Gasteiger partial charge in [-0.15, -0.1) is 0 Å². The zero-order valence-corrected chi connectivity index (χ0v) is 20.2. The molecule has 0 atom stereocenters. The number of rotatable bonds is 7. The van der Waals surface area contributed by atoms with Gasteiger partial charge >= 0.3 is 17.8 Å². The van der Waals surface area contributed by atoms with Gasteiger partial charge in [-0.1, -0.05) is 12.1 Å². The number of hydrogen-bond donors (Lipinski definition) is 2. The van der Waals surface area contributed by atoms with Crippen LogP contribution in [0, 0.1) is 0 Å². The lowest BCUT2D eigenvalue weighted by molar-refractivity contribution is 0.0521. The number of esters is 1. The minimum atomic E-state index is -0.724. The van der Waals surface area contributed by atoms with Gasteiger partial charge in [-0.3, -0.25) is 0 Å². The van der Waals surface area contributed by atoms with Gasteiger partial charge < -0.3 is 24.5 Å². The van der Waals surface area contributed by atoms with E-state index in [1.54, 1.807) is 55.5 Å². The van der Waals surface area contributed by atoms with E-state index in [0.29, 0.717) is 22.9 Å². The van der Waals surface area contributed by atoms with E-state index >= 15 is 0 Å². The van der Waals surface area contributed by atoms with E-state index in [2.05, 4.69) is 25.3 Å². The van der Waals surface area contributed by atoms with Gasteiger partial charge in [0.2, 0.25) is 5.95 Å². The third-order valence-electron chi connectivity index (χ3n) is 5.36. The topological polar surface area (TPSA) is 155 Å². The van der Waals surface area contributed by atoms with Crippen LogP contribution in [0.1, 0.15) is 17.4 Å². The molecule has 0 aliphatic carbocycles. The molecular formula is C25H21N7O6.